The molecule has 6 heteroatoms. The van der Waals surface area contributed by atoms with Gasteiger partial charge in [-0.2, -0.15) is 0 Å². The van der Waals surface area contributed by atoms with Gasteiger partial charge in [-0.3, -0.25) is 4.79 Å². The number of piperidine rings is 1. The number of benzene rings is 1. The number of ether oxygens (including phenoxy) is 2. The van der Waals surface area contributed by atoms with E-state index < -0.39 is 0 Å². The van der Waals surface area contributed by atoms with Crippen LogP contribution in [0.15, 0.2) is 36.5 Å². The monoisotopic (exact) mass is 353 g/mol. The Balaban J connectivity index is 1.35. The van der Waals surface area contributed by atoms with Gasteiger partial charge >= 0.3 is 0 Å². The summed E-state index contributed by atoms with van der Waals surface area (Å²) in [6.07, 6.45) is 3.81. The number of nitrogens with one attached hydrogen (secondary N) is 1. The van der Waals surface area contributed by atoms with Gasteiger partial charge in [0.2, 0.25) is 6.79 Å². The summed E-state index contributed by atoms with van der Waals surface area (Å²) in [7, 11) is 0. The molecule has 1 amide bonds. The number of amides is 1. The summed E-state index contributed by atoms with van der Waals surface area (Å²) in [5, 5.41) is 3.27. The van der Waals surface area contributed by atoms with E-state index in [1.54, 1.807) is 6.20 Å². The van der Waals surface area contributed by atoms with Crippen molar-refractivity contribution >= 4 is 11.7 Å². The topological polar surface area (TPSA) is 63.7 Å². The van der Waals surface area contributed by atoms with Crippen LogP contribution in [0.5, 0.6) is 11.5 Å². The number of nitrogens with zero attached hydrogens (tertiary/aromatic N) is 2. The van der Waals surface area contributed by atoms with Crippen molar-refractivity contribution in [2.75, 3.05) is 25.2 Å². The highest BCUT2D eigenvalue weighted by molar-refractivity contribution is 5.94. The SMILES string of the molecule is CC1CCN(C(=O)c2ccc(NCc3ccc4c(c3)OCO4)nc2)CC1. The van der Waals surface area contributed by atoms with Crippen molar-refractivity contribution in [1.82, 2.24) is 9.88 Å². The molecule has 136 valence electrons. The summed E-state index contributed by atoms with van der Waals surface area (Å²) >= 11 is 0. The van der Waals surface area contributed by atoms with Crippen LogP contribution in [-0.2, 0) is 6.54 Å². The highest BCUT2D eigenvalue weighted by atomic mass is 16.7. The summed E-state index contributed by atoms with van der Waals surface area (Å²) < 4.78 is 10.7. The van der Waals surface area contributed by atoms with Crippen LogP contribution in [0.4, 0.5) is 5.82 Å². The number of fused-ring (bicyclic) bond motifs is 1. The van der Waals surface area contributed by atoms with Crippen molar-refractivity contribution in [3.8, 4) is 11.5 Å². The molecule has 2 aromatic rings. The van der Waals surface area contributed by atoms with E-state index >= 15 is 0 Å². The molecule has 1 aromatic carbocycles. The highest BCUT2D eigenvalue weighted by Crippen LogP contribution is 2.32. The third kappa shape index (κ3) is 3.59. The summed E-state index contributed by atoms with van der Waals surface area (Å²) in [5.74, 6) is 3.08. The van der Waals surface area contributed by atoms with Gasteiger partial charge in [-0.25, -0.2) is 4.98 Å². The zero-order chi connectivity index (χ0) is 17.9. The maximum Gasteiger partial charge on any atom is 0.255 e. The molecule has 1 fully saturated rings. The second-order valence-corrected chi connectivity index (χ2v) is 6.95. The van der Waals surface area contributed by atoms with Crippen molar-refractivity contribution in [2.24, 2.45) is 5.92 Å². The number of hydrogen-bond acceptors (Lipinski definition) is 5. The van der Waals surface area contributed by atoms with E-state index in [-0.39, 0.29) is 12.7 Å². The molecule has 1 aromatic heterocycles. The fraction of sp³-hybridized carbons (Fsp3) is 0.400. The number of hydrogen-bond donors (Lipinski definition) is 1. The van der Waals surface area contributed by atoms with E-state index in [1.165, 1.54) is 0 Å². The Morgan fingerprint density at radius 2 is 2.00 bits per heavy atom. The molecule has 1 saturated heterocycles. The van der Waals surface area contributed by atoms with Gasteiger partial charge < -0.3 is 19.7 Å². The fourth-order valence-corrected chi connectivity index (χ4v) is 3.26. The molecule has 26 heavy (non-hydrogen) atoms. The minimum absolute atomic E-state index is 0.0757. The summed E-state index contributed by atoms with van der Waals surface area (Å²) in [4.78, 5) is 18.9. The molecule has 0 radical (unpaired) electrons. The fourth-order valence-electron chi connectivity index (χ4n) is 3.26. The van der Waals surface area contributed by atoms with Gasteiger partial charge in [0.15, 0.2) is 11.5 Å². The van der Waals surface area contributed by atoms with Crippen molar-refractivity contribution in [1.29, 1.82) is 0 Å². The largest absolute Gasteiger partial charge is 0.454 e. The first-order valence-corrected chi connectivity index (χ1v) is 9.07. The maximum absolute atomic E-state index is 12.5. The molecular weight excluding hydrogens is 330 g/mol. The van der Waals surface area contributed by atoms with Crippen LogP contribution >= 0.6 is 0 Å². The molecule has 3 heterocycles. The molecule has 2 aliphatic heterocycles. The third-order valence-electron chi connectivity index (χ3n) is 4.99. The molecule has 0 saturated carbocycles. The standard InChI is InChI=1S/C20H23N3O3/c1-14-6-8-23(9-7-14)20(24)16-3-5-19(22-12-16)21-11-15-2-4-17-18(10-15)26-13-25-17/h2-5,10,12,14H,6-9,11,13H2,1H3,(H,21,22). The molecule has 2 aliphatic rings. The van der Waals surface area contributed by atoms with Crippen LogP contribution in [0.1, 0.15) is 35.7 Å². The minimum atomic E-state index is 0.0757. The molecule has 1 N–H and O–H groups in total. The number of carbonyl (C=O) groups is 1. The maximum atomic E-state index is 12.5. The van der Waals surface area contributed by atoms with Crippen LogP contribution in [0, 0.1) is 5.92 Å². The normalized spacial score (nSPS) is 16.6. The number of pyridine rings is 1. The zero-order valence-electron chi connectivity index (χ0n) is 14.9. The molecule has 0 atom stereocenters. The number of likely N-dealkylation sites (tertiary alicyclic amines) is 1. The molecule has 0 aliphatic carbocycles. The van der Waals surface area contributed by atoms with Gasteiger partial charge in [-0.1, -0.05) is 13.0 Å². The predicted molar refractivity (Wildman–Crippen MR) is 98.4 cm³/mol. The first-order valence-electron chi connectivity index (χ1n) is 9.07. The third-order valence-corrected chi connectivity index (χ3v) is 4.99. The Hall–Kier alpha value is -2.76. The minimum Gasteiger partial charge on any atom is -0.454 e. The van der Waals surface area contributed by atoms with Gasteiger partial charge in [-0.05, 0) is 48.6 Å². The van der Waals surface area contributed by atoms with E-state index in [9.17, 15) is 4.79 Å². The lowest BCUT2D eigenvalue weighted by Gasteiger charge is -2.30. The Bertz CT molecular complexity index is 783. The Morgan fingerprint density at radius 3 is 2.77 bits per heavy atom. The molecule has 0 bridgehead atoms. The molecular formula is C20H23N3O3. The Labute approximate surface area is 153 Å². The number of rotatable bonds is 4. The molecule has 0 unspecified atom stereocenters. The van der Waals surface area contributed by atoms with Gasteiger partial charge in [-0.15, -0.1) is 0 Å². The Morgan fingerprint density at radius 1 is 1.19 bits per heavy atom. The van der Waals surface area contributed by atoms with E-state index in [2.05, 4.69) is 17.2 Å². The van der Waals surface area contributed by atoms with Gasteiger partial charge in [0.1, 0.15) is 5.82 Å². The van der Waals surface area contributed by atoms with Crippen molar-refractivity contribution in [3.05, 3.63) is 47.7 Å². The summed E-state index contributed by atoms with van der Waals surface area (Å²) in [6, 6.07) is 9.57. The molecule has 0 spiro atoms. The van der Waals surface area contributed by atoms with E-state index in [0.29, 0.717) is 18.0 Å². The first-order chi connectivity index (χ1) is 12.7. The highest BCUT2D eigenvalue weighted by Gasteiger charge is 2.21. The number of aromatic nitrogens is 1. The molecule has 6 nitrogen and oxygen atoms in total. The second kappa shape index (κ2) is 7.23. The average Bonchev–Trinajstić information content (AvgIpc) is 3.15. The van der Waals surface area contributed by atoms with Gasteiger partial charge in [0.05, 0.1) is 5.56 Å². The van der Waals surface area contributed by atoms with Crippen molar-refractivity contribution in [3.63, 3.8) is 0 Å². The predicted octanol–water partition coefficient (Wildman–Crippen LogP) is 3.29. The van der Waals surface area contributed by atoms with Crippen LogP contribution < -0.4 is 14.8 Å². The number of anilines is 1. The van der Waals surface area contributed by atoms with Crippen molar-refractivity contribution < 1.29 is 14.3 Å². The quantitative estimate of drug-likeness (QED) is 0.914. The van der Waals surface area contributed by atoms with Gasteiger partial charge in [0.25, 0.3) is 5.91 Å². The van der Waals surface area contributed by atoms with Crippen LogP contribution in [-0.4, -0.2) is 35.7 Å². The lowest BCUT2D eigenvalue weighted by Crippen LogP contribution is -2.37. The summed E-state index contributed by atoms with van der Waals surface area (Å²) in [6.45, 7) is 4.82. The van der Waals surface area contributed by atoms with Crippen molar-refractivity contribution in [2.45, 2.75) is 26.3 Å². The smallest absolute Gasteiger partial charge is 0.255 e. The van der Waals surface area contributed by atoms with E-state index in [4.69, 9.17) is 9.47 Å². The summed E-state index contributed by atoms with van der Waals surface area (Å²) in [5.41, 5.74) is 1.73. The number of carbonyl (C=O) groups excluding carboxylic acids is 1. The average molecular weight is 353 g/mol. The lowest BCUT2D eigenvalue weighted by molar-refractivity contribution is 0.0697. The van der Waals surface area contributed by atoms with Crippen LogP contribution in [0.3, 0.4) is 0 Å². The van der Waals surface area contributed by atoms with Gasteiger partial charge in [0, 0.05) is 25.8 Å². The lowest BCUT2D eigenvalue weighted by atomic mass is 9.99. The van der Waals surface area contributed by atoms with Crippen LogP contribution in [0.25, 0.3) is 0 Å². The van der Waals surface area contributed by atoms with E-state index in [0.717, 1.165) is 48.8 Å². The first kappa shape index (κ1) is 16.7. The molecule has 4 rings (SSSR count). The second-order valence-electron chi connectivity index (χ2n) is 6.95. The van der Waals surface area contributed by atoms with Crippen LogP contribution in [0.2, 0.25) is 0 Å². The Kier molecular flexibility index (Phi) is 4.65. The van der Waals surface area contributed by atoms with E-state index in [1.807, 2.05) is 35.2 Å². The zero-order valence-corrected chi connectivity index (χ0v) is 14.9.